The molecule has 0 heterocycles. The number of quaternary nitrogens is 1. The minimum absolute atomic E-state index is 0.0512. The maximum absolute atomic E-state index is 13.1. The molecule has 28 heavy (non-hydrogen) atoms. The fourth-order valence-electron chi connectivity index (χ4n) is 6.19. The van der Waals surface area contributed by atoms with Crippen LogP contribution >= 0.6 is 0 Å². The molecule has 4 aliphatic carbocycles. The van der Waals surface area contributed by atoms with E-state index in [-0.39, 0.29) is 17.5 Å². The zero-order valence-electron chi connectivity index (χ0n) is 17.4. The second-order valence-corrected chi connectivity index (χ2v) is 9.68. The summed E-state index contributed by atoms with van der Waals surface area (Å²) in [5, 5.41) is 3.53. The summed E-state index contributed by atoms with van der Waals surface area (Å²) in [6, 6.07) is 8.11. The Balaban J connectivity index is 1.33. The van der Waals surface area contributed by atoms with Gasteiger partial charge in [-0.1, -0.05) is 12.7 Å². The molecule has 0 saturated heterocycles. The van der Waals surface area contributed by atoms with Gasteiger partial charge in [0.05, 0.1) is 7.05 Å². The first-order valence-corrected chi connectivity index (χ1v) is 10.9. The van der Waals surface area contributed by atoms with Crippen LogP contribution in [0.2, 0.25) is 0 Å². The van der Waals surface area contributed by atoms with Gasteiger partial charge in [-0.2, -0.15) is 0 Å². The third-order valence-electron chi connectivity index (χ3n) is 7.33. The lowest BCUT2D eigenvalue weighted by molar-refractivity contribution is -0.908. The molecular formula is C24H35N2O2+. The molecule has 152 valence electrons. The molecule has 4 fully saturated rings. The Bertz CT molecular complexity index is 677. The van der Waals surface area contributed by atoms with Crippen molar-refractivity contribution in [2.45, 2.75) is 63.6 Å². The third-order valence-corrected chi connectivity index (χ3v) is 7.33. The Kier molecular flexibility index (Phi) is 5.50. The molecule has 4 bridgehead atoms. The van der Waals surface area contributed by atoms with Gasteiger partial charge in [0.1, 0.15) is 18.9 Å². The molecule has 0 aliphatic heterocycles. The number of carbonyl (C=O) groups excluding carboxylic acids is 1. The van der Waals surface area contributed by atoms with Gasteiger partial charge in [0.15, 0.2) is 6.04 Å². The Hall–Kier alpha value is -1.81. The van der Waals surface area contributed by atoms with Crippen molar-refractivity contribution >= 4 is 5.91 Å². The summed E-state index contributed by atoms with van der Waals surface area (Å²) in [4.78, 5) is 14.3. The smallest absolute Gasteiger partial charge is 0.278 e. The predicted octanol–water partition coefficient (Wildman–Crippen LogP) is 2.74. The van der Waals surface area contributed by atoms with Crippen LogP contribution in [0.25, 0.3) is 0 Å². The highest BCUT2D eigenvalue weighted by atomic mass is 16.5. The molecule has 0 radical (unpaired) electrons. The van der Waals surface area contributed by atoms with Crippen LogP contribution in [0.4, 0.5) is 0 Å². The van der Waals surface area contributed by atoms with Crippen molar-refractivity contribution in [3.05, 3.63) is 42.5 Å². The molecule has 4 aliphatic rings. The van der Waals surface area contributed by atoms with Crippen molar-refractivity contribution in [1.29, 1.82) is 0 Å². The van der Waals surface area contributed by atoms with Crippen molar-refractivity contribution < 1.29 is 14.4 Å². The molecular weight excluding hydrogens is 348 g/mol. The number of rotatable bonds is 8. The molecule has 1 aromatic carbocycles. The van der Waals surface area contributed by atoms with Crippen LogP contribution in [0.1, 0.15) is 51.0 Å². The minimum atomic E-state index is -0.0512. The fraction of sp³-hybridized carbons (Fsp3) is 0.625. The third kappa shape index (κ3) is 4.12. The summed E-state index contributed by atoms with van der Waals surface area (Å²) in [5.41, 5.74) is 1.32. The van der Waals surface area contributed by atoms with Crippen LogP contribution < -0.4 is 15.0 Å². The van der Waals surface area contributed by atoms with Gasteiger partial charge in [-0.15, -0.1) is 0 Å². The average Bonchev–Trinajstić information content (AvgIpc) is 2.65. The molecule has 4 saturated carbocycles. The van der Waals surface area contributed by atoms with Crippen LogP contribution in [0.15, 0.2) is 36.9 Å². The van der Waals surface area contributed by atoms with Crippen molar-refractivity contribution in [2.24, 2.45) is 17.8 Å². The monoisotopic (exact) mass is 383 g/mol. The number of likely N-dealkylation sites (N-methyl/N-ethyl adjacent to an activating group) is 1. The van der Waals surface area contributed by atoms with E-state index < -0.39 is 0 Å². The predicted molar refractivity (Wildman–Crippen MR) is 111 cm³/mol. The van der Waals surface area contributed by atoms with E-state index >= 15 is 0 Å². The first-order valence-electron chi connectivity index (χ1n) is 10.9. The Morgan fingerprint density at radius 3 is 2.32 bits per heavy atom. The van der Waals surface area contributed by atoms with E-state index in [1.54, 1.807) is 6.08 Å². The van der Waals surface area contributed by atoms with Crippen molar-refractivity contribution in [2.75, 3.05) is 13.7 Å². The van der Waals surface area contributed by atoms with E-state index in [0.29, 0.717) is 6.61 Å². The minimum Gasteiger partial charge on any atom is -0.490 e. The summed E-state index contributed by atoms with van der Waals surface area (Å²) in [6.45, 7) is 7.08. The Morgan fingerprint density at radius 1 is 1.21 bits per heavy atom. The average molecular weight is 384 g/mol. The van der Waals surface area contributed by atoms with Gasteiger partial charge in [0.2, 0.25) is 0 Å². The van der Waals surface area contributed by atoms with Gasteiger partial charge in [-0.05, 0) is 87.5 Å². The number of carbonyl (C=O) groups is 1. The summed E-state index contributed by atoms with van der Waals surface area (Å²) in [6.07, 6.45) is 9.59. The summed E-state index contributed by atoms with van der Waals surface area (Å²) in [7, 11) is 2.12. The van der Waals surface area contributed by atoms with Gasteiger partial charge >= 0.3 is 0 Å². The van der Waals surface area contributed by atoms with E-state index in [1.165, 1.54) is 49.0 Å². The van der Waals surface area contributed by atoms with Crippen LogP contribution in [-0.2, 0) is 11.3 Å². The highest BCUT2D eigenvalue weighted by molar-refractivity contribution is 5.80. The topological polar surface area (TPSA) is 42.8 Å². The molecule has 5 rings (SSSR count). The Morgan fingerprint density at radius 2 is 1.79 bits per heavy atom. The normalized spacial score (nSPS) is 32.6. The maximum Gasteiger partial charge on any atom is 0.278 e. The molecule has 1 unspecified atom stereocenters. The molecule has 2 N–H and O–H groups in total. The molecule has 0 spiro atoms. The van der Waals surface area contributed by atoms with Crippen molar-refractivity contribution in [1.82, 2.24) is 5.32 Å². The van der Waals surface area contributed by atoms with E-state index in [2.05, 4.69) is 38.0 Å². The second kappa shape index (κ2) is 7.90. The first kappa shape index (κ1) is 19.5. The molecule has 4 heteroatoms. The number of benzene rings is 1. The van der Waals surface area contributed by atoms with Gasteiger partial charge in [0.25, 0.3) is 5.91 Å². The number of hydrogen-bond donors (Lipinski definition) is 2. The van der Waals surface area contributed by atoms with Crippen LogP contribution in [-0.4, -0.2) is 31.1 Å². The lowest BCUT2D eigenvalue weighted by atomic mass is 9.53. The van der Waals surface area contributed by atoms with Gasteiger partial charge in [-0.3, -0.25) is 4.79 Å². The molecule has 2 atom stereocenters. The van der Waals surface area contributed by atoms with Gasteiger partial charge in [-0.25, -0.2) is 0 Å². The molecule has 4 nitrogen and oxygen atoms in total. The molecule has 1 amide bonds. The van der Waals surface area contributed by atoms with E-state index in [4.69, 9.17) is 4.74 Å². The number of nitrogens with one attached hydrogen (secondary N) is 2. The largest absolute Gasteiger partial charge is 0.490 e. The van der Waals surface area contributed by atoms with Crippen molar-refractivity contribution in [3.8, 4) is 5.75 Å². The number of amides is 1. The van der Waals surface area contributed by atoms with E-state index in [1.807, 2.05) is 12.1 Å². The Labute approximate surface area is 169 Å². The summed E-state index contributed by atoms with van der Waals surface area (Å²) in [5.74, 6) is 3.65. The van der Waals surface area contributed by atoms with E-state index in [9.17, 15) is 4.79 Å². The standard InChI is InChI=1S/C24H34N2O2/c1-4-9-28-22-7-5-18(6-8-22)16-26(3)17(2)23(27)25-24-13-19-10-20(14-24)12-21(11-19)15-24/h4-8,17,19-21H,1,9-16H2,2-3H3,(H,25,27)/p+1/t17-,19?,20?,21?,24?/m1/s1. The van der Waals surface area contributed by atoms with Crippen LogP contribution in [0, 0.1) is 17.8 Å². The summed E-state index contributed by atoms with van der Waals surface area (Å²) < 4.78 is 5.55. The molecule has 0 aromatic heterocycles. The first-order chi connectivity index (χ1) is 13.5. The number of ether oxygens (including phenoxy) is 1. The zero-order chi connectivity index (χ0) is 19.7. The highest BCUT2D eigenvalue weighted by Crippen LogP contribution is 2.55. The van der Waals surface area contributed by atoms with Crippen LogP contribution in [0.5, 0.6) is 5.75 Å². The van der Waals surface area contributed by atoms with Gasteiger partial charge < -0.3 is 15.0 Å². The lowest BCUT2D eigenvalue weighted by Crippen LogP contribution is -3.12. The quantitative estimate of drug-likeness (QED) is 0.678. The second-order valence-electron chi connectivity index (χ2n) is 9.68. The van der Waals surface area contributed by atoms with Crippen LogP contribution in [0.3, 0.4) is 0 Å². The highest BCUT2D eigenvalue weighted by Gasteiger charge is 2.52. The lowest BCUT2D eigenvalue weighted by Gasteiger charge is -2.57. The van der Waals surface area contributed by atoms with Crippen molar-refractivity contribution in [3.63, 3.8) is 0 Å². The SMILES string of the molecule is C=CCOc1ccc(C[NH+](C)[C@H](C)C(=O)NC23CC4CC(CC(C4)C2)C3)cc1. The zero-order valence-corrected chi connectivity index (χ0v) is 17.4. The van der Waals surface area contributed by atoms with Gasteiger partial charge in [0, 0.05) is 11.1 Å². The fourth-order valence-corrected chi connectivity index (χ4v) is 6.19. The maximum atomic E-state index is 13.1. The molecule has 1 aromatic rings. The number of hydrogen-bond acceptors (Lipinski definition) is 2. The summed E-state index contributed by atoms with van der Waals surface area (Å²) >= 11 is 0. The van der Waals surface area contributed by atoms with E-state index in [0.717, 1.165) is 30.0 Å².